The Bertz CT molecular complexity index is 993. The SMILES string of the molecule is CN1CCC(c2nc(Nc3ncc(C(F)(F)F)c(NCCCN4CCOCCC4=O)n3)co2)CC1. The van der Waals surface area contributed by atoms with Gasteiger partial charge in [-0.05, 0) is 39.4 Å². The number of alkyl halides is 3. The van der Waals surface area contributed by atoms with E-state index in [-0.39, 0.29) is 30.1 Å². The molecule has 35 heavy (non-hydrogen) atoms. The molecule has 13 heteroatoms. The van der Waals surface area contributed by atoms with Crippen molar-refractivity contribution in [2.24, 2.45) is 0 Å². The van der Waals surface area contributed by atoms with Gasteiger partial charge in [-0.25, -0.2) is 4.98 Å². The molecule has 0 atom stereocenters. The highest BCUT2D eigenvalue weighted by Crippen LogP contribution is 2.34. The lowest BCUT2D eigenvalue weighted by Gasteiger charge is -2.26. The minimum absolute atomic E-state index is 0.0146. The van der Waals surface area contributed by atoms with Gasteiger partial charge in [-0.3, -0.25) is 4.79 Å². The summed E-state index contributed by atoms with van der Waals surface area (Å²) in [5.74, 6) is 0.767. The molecule has 0 saturated carbocycles. The average Bonchev–Trinajstić information content (AvgIpc) is 3.18. The van der Waals surface area contributed by atoms with Gasteiger partial charge in [0.1, 0.15) is 17.6 Å². The minimum Gasteiger partial charge on any atom is -0.446 e. The van der Waals surface area contributed by atoms with E-state index in [1.165, 1.54) is 6.26 Å². The molecule has 4 heterocycles. The van der Waals surface area contributed by atoms with Crippen LogP contribution in [0.15, 0.2) is 16.9 Å². The van der Waals surface area contributed by atoms with E-state index in [4.69, 9.17) is 9.15 Å². The van der Waals surface area contributed by atoms with Crippen LogP contribution in [0.5, 0.6) is 0 Å². The molecule has 2 saturated heterocycles. The maximum absolute atomic E-state index is 13.5. The predicted molar refractivity (Wildman–Crippen MR) is 121 cm³/mol. The number of piperidine rings is 1. The standard InChI is InChI=1S/C22H30F3N7O3/c1-31-8-3-15(4-9-31)20-28-17(14-35-20)29-21-27-13-16(22(23,24)25)19(30-21)26-6-2-7-32-10-12-34-11-5-18(32)33/h13-15H,2-12H2,1H3,(H2,26,27,29,30). The molecule has 0 radical (unpaired) electrons. The highest BCUT2D eigenvalue weighted by molar-refractivity contribution is 5.76. The highest BCUT2D eigenvalue weighted by Gasteiger charge is 2.35. The van der Waals surface area contributed by atoms with Crippen molar-refractivity contribution in [3.63, 3.8) is 0 Å². The maximum atomic E-state index is 13.5. The van der Waals surface area contributed by atoms with Gasteiger partial charge >= 0.3 is 6.18 Å². The monoisotopic (exact) mass is 497 g/mol. The van der Waals surface area contributed by atoms with Crippen molar-refractivity contribution in [3.8, 4) is 0 Å². The van der Waals surface area contributed by atoms with Gasteiger partial charge in [0.15, 0.2) is 11.7 Å². The van der Waals surface area contributed by atoms with Crippen LogP contribution in [0.1, 0.15) is 43.1 Å². The molecule has 0 aromatic carbocycles. The Hall–Kier alpha value is -2.93. The summed E-state index contributed by atoms with van der Waals surface area (Å²) in [6.07, 6.45) is 0.172. The molecule has 2 aliphatic rings. The Morgan fingerprint density at radius 1 is 1.17 bits per heavy atom. The van der Waals surface area contributed by atoms with E-state index in [9.17, 15) is 18.0 Å². The Morgan fingerprint density at radius 2 is 1.97 bits per heavy atom. The fourth-order valence-corrected chi connectivity index (χ4v) is 4.12. The van der Waals surface area contributed by atoms with Gasteiger partial charge < -0.3 is 29.6 Å². The number of hydrogen-bond donors (Lipinski definition) is 2. The molecule has 2 aromatic heterocycles. The summed E-state index contributed by atoms with van der Waals surface area (Å²) < 4.78 is 51.4. The van der Waals surface area contributed by atoms with E-state index in [1.807, 2.05) is 0 Å². The number of likely N-dealkylation sites (tertiary alicyclic amines) is 1. The van der Waals surface area contributed by atoms with E-state index < -0.39 is 11.7 Å². The smallest absolute Gasteiger partial charge is 0.421 e. The van der Waals surface area contributed by atoms with Crippen LogP contribution < -0.4 is 10.6 Å². The molecular weight excluding hydrogens is 467 g/mol. The number of hydrogen-bond acceptors (Lipinski definition) is 9. The lowest BCUT2D eigenvalue weighted by molar-refractivity contribution is -0.137. The molecular formula is C22H30F3N7O3. The number of nitrogens with zero attached hydrogens (tertiary/aromatic N) is 5. The Morgan fingerprint density at radius 3 is 2.74 bits per heavy atom. The van der Waals surface area contributed by atoms with E-state index in [1.54, 1.807) is 4.90 Å². The van der Waals surface area contributed by atoms with Crippen LogP contribution in [-0.4, -0.2) is 83.6 Å². The third-order valence-corrected chi connectivity index (χ3v) is 6.14. The fraction of sp³-hybridized carbons (Fsp3) is 0.636. The number of carbonyl (C=O) groups excluding carboxylic acids is 1. The van der Waals surface area contributed by atoms with Gasteiger partial charge in [0.2, 0.25) is 11.9 Å². The van der Waals surface area contributed by atoms with Crippen molar-refractivity contribution >= 4 is 23.5 Å². The summed E-state index contributed by atoms with van der Waals surface area (Å²) in [5, 5.41) is 5.58. The average molecular weight is 498 g/mol. The topological polar surface area (TPSA) is 109 Å². The molecule has 4 rings (SSSR count). The van der Waals surface area contributed by atoms with Crippen LogP contribution in [0.2, 0.25) is 0 Å². The quantitative estimate of drug-likeness (QED) is 0.532. The van der Waals surface area contributed by atoms with Crippen molar-refractivity contribution in [3.05, 3.63) is 23.9 Å². The van der Waals surface area contributed by atoms with Crippen molar-refractivity contribution in [2.45, 2.75) is 37.8 Å². The third-order valence-electron chi connectivity index (χ3n) is 6.14. The first-order chi connectivity index (χ1) is 16.8. The Labute approximate surface area is 201 Å². The lowest BCUT2D eigenvalue weighted by atomic mass is 9.97. The molecule has 2 aromatic rings. The number of aromatic nitrogens is 3. The number of anilines is 3. The second kappa shape index (κ2) is 11.2. The summed E-state index contributed by atoms with van der Waals surface area (Å²) in [4.78, 5) is 28.2. The second-order valence-corrected chi connectivity index (χ2v) is 8.75. The fourth-order valence-electron chi connectivity index (χ4n) is 4.12. The number of halogens is 3. The van der Waals surface area contributed by atoms with Crippen LogP contribution in [0.4, 0.5) is 30.8 Å². The highest BCUT2D eigenvalue weighted by atomic mass is 19.4. The Balaban J connectivity index is 1.38. The first kappa shape index (κ1) is 25.2. The first-order valence-corrected chi connectivity index (χ1v) is 11.7. The number of nitrogens with one attached hydrogen (secondary N) is 2. The van der Waals surface area contributed by atoms with Crippen molar-refractivity contribution in [1.82, 2.24) is 24.8 Å². The summed E-state index contributed by atoms with van der Waals surface area (Å²) in [5.41, 5.74) is -0.963. The van der Waals surface area contributed by atoms with E-state index in [0.717, 1.165) is 32.1 Å². The number of amides is 1. The van der Waals surface area contributed by atoms with Crippen LogP contribution in [-0.2, 0) is 15.7 Å². The first-order valence-electron chi connectivity index (χ1n) is 11.7. The summed E-state index contributed by atoms with van der Waals surface area (Å²) in [6.45, 7) is 3.86. The molecule has 192 valence electrons. The zero-order valence-electron chi connectivity index (χ0n) is 19.6. The number of carbonyl (C=O) groups is 1. The van der Waals surface area contributed by atoms with Crippen LogP contribution in [0, 0.1) is 0 Å². The number of ether oxygens (including phenoxy) is 1. The normalized spacial score (nSPS) is 18.5. The van der Waals surface area contributed by atoms with Crippen LogP contribution >= 0.6 is 0 Å². The molecule has 10 nitrogen and oxygen atoms in total. The Kier molecular flexibility index (Phi) is 8.06. The van der Waals surface area contributed by atoms with Gasteiger partial charge in [-0.2, -0.15) is 23.1 Å². The summed E-state index contributed by atoms with van der Waals surface area (Å²) >= 11 is 0. The largest absolute Gasteiger partial charge is 0.446 e. The third kappa shape index (κ3) is 6.82. The lowest BCUT2D eigenvalue weighted by Crippen LogP contribution is -2.33. The van der Waals surface area contributed by atoms with Gasteiger partial charge in [0.25, 0.3) is 0 Å². The molecule has 0 bridgehead atoms. The molecule has 2 aliphatic heterocycles. The zero-order valence-corrected chi connectivity index (χ0v) is 19.6. The van der Waals surface area contributed by atoms with Crippen LogP contribution in [0.3, 0.4) is 0 Å². The van der Waals surface area contributed by atoms with Crippen molar-refractivity contribution in [1.29, 1.82) is 0 Å². The summed E-state index contributed by atoms with van der Waals surface area (Å²) in [7, 11) is 2.07. The predicted octanol–water partition coefficient (Wildman–Crippen LogP) is 3.09. The van der Waals surface area contributed by atoms with Gasteiger partial charge in [-0.15, -0.1) is 0 Å². The molecule has 0 unspecified atom stereocenters. The second-order valence-electron chi connectivity index (χ2n) is 8.75. The van der Waals surface area contributed by atoms with Crippen LogP contribution in [0.25, 0.3) is 0 Å². The minimum atomic E-state index is -4.62. The van der Waals surface area contributed by atoms with Gasteiger partial charge in [0, 0.05) is 31.7 Å². The molecule has 2 N–H and O–H groups in total. The maximum Gasteiger partial charge on any atom is 0.421 e. The van der Waals surface area contributed by atoms with E-state index in [2.05, 4.69) is 37.5 Å². The molecule has 2 fully saturated rings. The number of oxazole rings is 1. The molecule has 1 amide bonds. The molecule has 0 spiro atoms. The van der Waals surface area contributed by atoms with Crippen molar-refractivity contribution < 1.29 is 27.1 Å². The van der Waals surface area contributed by atoms with Crippen molar-refractivity contribution in [2.75, 3.05) is 63.6 Å². The van der Waals surface area contributed by atoms with E-state index in [0.29, 0.717) is 50.9 Å². The van der Waals surface area contributed by atoms with E-state index >= 15 is 0 Å². The van der Waals surface area contributed by atoms with Gasteiger partial charge in [0.05, 0.1) is 19.6 Å². The zero-order chi connectivity index (χ0) is 24.8. The number of rotatable bonds is 8. The summed E-state index contributed by atoms with van der Waals surface area (Å²) in [6, 6.07) is 0. The molecule has 0 aliphatic carbocycles. The van der Waals surface area contributed by atoms with Gasteiger partial charge in [-0.1, -0.05) is 0 Å².